The van der Waals surface area contributed by atoms with Crippen molar-refractivity contribution in [2.24, 2.45) is 0 Å². The van der Waals surface area contributed by atoms with Gasteiger partial charge in [0, 0.05) is 12.1 Å². The molecule has 1 atom stereocenters. The molecule has 74 valence electrons. The summed E-state index contributed by atoms with van der Waals surface area (Å²) in [4.78, 5) is 2.66. The number of rotatable bonds is 0. The lowest BCUT2D eigenvalue weighted by molar-refractivity contribution is 0.143. The Kier molecular flexibility index (Phi) is 1.72. The first-order chi connectivity index (χ1) is 6.81. The molecule has 1 heteroatoms. The number of hydrogen-bond acceptors (Lipinski definition) is 1. The highest BCUT2D eigenvalue weighted by molar-refractivity contribution is 5.36. The first kappa shape index (κ1) is 8.49. The topological polar surface area (TPSA) is 3.24 Å². The summed E-state index contributed by atoms with van der Waals surface area (Å²) in [5.41, 5.74) is 3.52. The normalized spacial score (nSPS) is 31.2. The molecule has 0 unspecified atom stereocenters. The molecule has 0 radical (unpaired) electrons. The van der Waals surface area contributed by atoms with Crippen molar-refractivity contribution in [2.75, 3.05) is 13.1 Å². The van der Waals surface area contributed by atoms with Gasteiger partial charge in [-0.05, 0) is 43.9 Å². The van der Waals surface area contributed by atoms with E-state index in [2.05, 4.69) is 36.1 Å². The first-order valence-corrected chi connectivity index (χ1v) is 5.64. The van der Waals surface area contributed by atoms with Gasteiger partial charge in [-0.1, -0.05) is 24.3 Å². The summed E-state index contributed by atoms with van der Waals surface area (Å²) in [7, 11) is 0. The van der Waals surface area contributed by atoms with Gasteiger partial charge in [0.25, 0.3) is 0 Å². The Morgan fingerprint density at radius 2 is 2.07 bits per heavy atom. The highest BCUT2D eigenvalue weighted by Crippen LogP contribution is 2.42. The van der Waals surface area contributed by atoms with E-state index in [0.29, 0.717) is 5.54 Å². The fraction of sp³-hybridized carbons (Fsp3) is 0.538. The first-order valence-electron chi connectivity index (χ1n) is 5.64. The quantitative estimate of drug-likeness (QED) is 0.603. The summed E-state index contributed by atoms with van der Waals surface area (Å²) in [6.07, 6.45) is 3.95. The maximum absolute atomic E-state index is 2.66. The van der Waals surface area contributed by atoms with E-state index in [1.807, 2.05) is 0 Å². The largest absolute Gasteiger partial charge is 0.294 e. The highest BCUT2D eigenvalue weighted by atomic mass is 15.2. The van der Waals surface area contributed by atoms with E-state index in [-0.39, 0.29) is 0 Å². The zero-order valence-electron chi connectivity index (χ0n) is 8.79. The summed E-state index contributed by atoms with van der Waals surface area (Å²) < 4.78 is 0. The van der Waals surface area contributed by atoms with E-state index in [4.69, 9.17) is 0 Å². The molecule has 0 spiro atoms. The van der Waals surface area contributed by atoms with Crippen LogP contribution in [0.3, 0.4) is 0 Å². The number of nitrogens with zero attached hydrogens (tertiary/aromatic N) is 1. The molecule has 14 heavy (non-hydrogen) atoms. The zero-order valence-corrected chi connectivity index (χ0v) is 8.79. The molecule has 2 aliphatic rings. The Hall–Kier alpha value is -0.820. The molecule has 0 aromatic heterocycles. The van der Waals surface area contributed by atoms with Crippen LogP contribution in [0.15, 0.2) is 24.3 Å². The van der Waals surface area contributed by atoms with Crippen molar-refractivity contribution in [3.8, 4) is 0 Å². The minimum absolute atomic E-state index is 0.356. The average Bonchev–Trinajstić information content (AvgIpc) is 2.60. The lowest BCUT2D eigenvalue weighted by Gasteiger charge is -2.41. The molecular formula is C13H17N. The van der Waals surface area contributed by atoms with Gasteiger partial charge < -0.3 is 0 Å². The highest BCUT2D eigenvalue weighted by Gasteiger charge is 2.41. The van der Waals surface area contributed by atoms with Crippen LogP contribution < -0.4 is 0 Å². The second-order valence-corrected chi connectivity index (χ2v) is 4.77. The lowest BCUT2D eigenvalue weighted by Crippen LogP contribution is -2.43. The van der Waals surface area contributed by atoms with E-state index < -0.39 is 0 Å². The predicted molar refractivity (Wildman–Crippen MR) is 58.3 cm³/mol. The molecule has 0 N–H and O–H groups in total. The van der Waals surface area contributed by atoms with Gasteiger partial charge in [0.05, 0.1) is 0 Å². The van der Waals surface area contributed by atoms with Crippen LogP contribution >= 0.6 is 0 Å². The second-order valence-electron chi connectivity index (χ2n) is 4.77. The van der Waals surface area contributed by atoms with Gasteiger partial charge in [-0.15, -0.1) is 0 Å². The minimum Gasteiger partial charge on any atom is -0.294 e. The Morgan fingerprint density at radius 1 is 1.21 bits per heavy atom. The van der Waals surface area contributed by atoms with Gasteiger partial charge in [-0.25, -0.2) is 0 Å². The molecule has 0 amide bonds. The van der Waals surface area contributed by atoms with Crippen molar-refractivity contribution in [1.29, 1.82) is 0 Å². The molecule has 3 rings (SSSR count). The van der Waals surface area contributed by atoms with E-state index in [1.54, 1.807) is 11.1 Å². The molecule has 0 saturated carbocycles. The predicted octanol–water partition coefficient (Wildman–Crippen LogP) is 2.55. The number of benzene rings is 1. The molecule has 2 heterocycles. The summed E-state index contributed by atoms with van der Waals surface area (Å²) >= 11 is 0. The van der Waals surface area contributed by atoms with Gasteiger partial charge >= 0.3 is 0 Å². The maximum atomic E-state index is 2.66. The second kappa shape index (κ2) is 2.83. The van der Waals surface area contributed by atoms with Crippen molar-refractivity contribution in [3.63, 3.8) is 0 Å². The lowest BCUT2D eigenvalue weighted by atomic mass is 9.82. The van der Waals surface area contributed by atoms with Gasteiger partial charge in [0.2, 0.25) is 0 Å². The van der Waals surface area contributed by atoms with E-state index in [9.17, 15) is 0 Å². The van der Waals surface area contributed by atoms with E-state index in [0.717, 1.165) is 0 Å². The van der Waals surface area contributed by atoms with E-state index in [1.165, 1.54) is 32.4 Å². The standard InChI is InChI=1S/C13H17N/c1-13-8-4-9-14(13)10-7-11-5-2-3-6-12(11)13/h2-3,5-6H,4,7-10H2,1H3/t13-/m0/s1. The molecule has 0 bridgehead atoms. The van der Waals surface area contributed by atoms with Crippen molar-refractivity contribution in [3.05, 3.63) is 35.4 Å². The molecule has 1 aromatic carbocycles. The van der Waals surface area contributed by atoms with Crippen molar-refractivity contribution < 1.29 is 0 Å². The Labute approximate surface area is 85.7 Å². The van der Waals surface area contributed by atoms with Crippen molar-refractivity contribution in [2.45, 2.75) is 31.7 Å². The SMILES string of the molecule is C[C@@]12CCCN1CCc1ccccc12. The monoisotopic (exact) mass is 187 g/mol. The molecule has 1 saturated heterocycles. The van der Waals surface area contributed by atoms with Crippen LogP contribution in [0.1, 0.15) is 30.9 Å². The van der Waals surface area contributed by atoms with Crippen LogP contribution in [0.4, 0.5) is 0 Å². The van der Waals surface area contributed by atoms with Crippen LogP contribution in [-0.4, -0.2) is 18.0 Å². The maximum Gasteiger partial charge on any atom is 0.0435 e. The van der Waals surface area contributed by atoms with Gasteiger partial charge in [0.1, 0.15) is 0 Å². The number of fused-ring (bicyclic) bond motifs is 3. The van der Waals surface area contributed by atoms with Crippen LogP contribution in [0.2, 0.25) is 0 Å². The Morgan fingerprint density at radius 3 is 3.00 bits per heavy atom. The molecule has 2 aliphatic heterocycles. The third-order valence-electron chi connectivity index (χ3n) is 4.04. The molecule has 1 fully saturated rings. The molecule has 1 aromatic rings. The fourth-order valence-corrected chi connectivity index (χ4v) is 3.20. The minimum atomic E-state index is 0.356. The van der Waals surface area contributed by atoms with Crippen molar-refractivity contribution in [1.82, 2.24) is 4.90 Å². The molecule has 0 aliphatic carbocycles. The van der Waals surface area contributed by atoms with Crippen LogP contribution in [0.25, 0.3) is 0 Å². The van der Waals surface area contributed by atoms with Crippen LogP contribution in [0, 0.1) is 0 Å². The summed E-state index contributed by atoms with van der Waals surface area (Å²) in [5.74, 6) is 0. The Balaban J connectivity index is 2.15. The number of hydrogen-bond donors (Lipinski definition) is 0. The molecular weight excluding hydrogens is 170 g/mol. The zero-order chi connectivity index (χ0) is 9.60. The van der Waals surface area contributed by atoms with Gasteiger partial charge in [-0.2, -0.15) is 0 Å². The summed E-state index contributed by atoms with van der Waals surface area (Å²) in [6, 6.07) is 8.99. The third-order valence-corrected chi connectivity index (χ3v) is 4.04. The fourth-order valence-electron chi connectivity index (χ4n) is 3.20. The van der Waals surface area contributed by atoms with Crippen molar-refractivity contribution >= 4 is 0 Å². The van der Waals surface area contributed by atoms with Gasteiger partial charge in [-0.3, -0.25) is 4.90 Å². The van der Waals surface area contributed by atoms with E-state index >= 15 is 0 Å². The van der Waals surface area contributed by atoms with Gasteiger partial charge in [0.15, 0.2) is 0 Å². The Bertz CT molecular complexity index is 358. The molecule has 1 nitrogen and oxygen atoms in total. The summed E-state index contributed by atoms with van der Waals surface area (Å²) in [5, 5.41) is 0. The summed E-state index contributed by atoms with van der Waals surface area (Å²) in [6.45, 7) is 4.97. The van der Waals surface area contributed by atoms with Crippen LogP contribution in [-0.2, 0) is 12.0 Å². The van der Waals surface area contributed by atoms with Crippen LogP contribution in [0.5, 0.6) is 0 Å². The third kappa shape index (κ3) is 0.992. The average molecular weight is 187 g/mol. The smallest absolute Gasteiger partial charge is 0.0435 e.